The topological polar surface area (TPSA) is 35.5 Å². The number of hydrogen-bond donors (Lipinski definition) is 0. The average molecular weight is 352 g/mol. The molecule has 0 spiro atoms. The molecule has 0 amide bonds. The zero-order chi connectivity index (χ0) is 18.7. The molecule has 0 heterocycles. The Hall–Kier alpha value is -2.29. The first-order valence-corrected chi connectivity index (χ1v) is 9.54. The van der Waals surface area contributed by atoms with E-state index in [0.29, 0.717) is 25.0 Å². The molecule has 0 saturated heterocycles. The lowest BCUT2D eigenvalue weighted by Gasteiger charge is -2.09. The van der Waals surface area contributed by atoms with Gasteiger partial charge in [-0.05, 0) is 72.2 Å². The van der Waals surface area contributed by atoms with Gasteiger partial charge in [-0.2, -0.15) is 0 Å². The van der Waals surface area contributed by atoms with Crippen molar-refractivity contribution in [3.8, 4) is 22.6 Å². The van der Waals surface area contributed by atoms with Gasteiger partial charge in [0.25, 0.3) is 0 Å². The molecule has 1 aliphatic carbocycles. The molecule has 26 heavy (non-hydrogen) atoms. The van der Waals surface area contributed by atoms with Gasteiger partial charge in [-0.25, -0.2) is 0 Å². The van der Waals surface area contributed by atoms with Gasteiger partial charge >= 0.3 is 0 Å². The molecule has 0 aliphatic heterocycles. The summed E-state index contributed by atoms with van der Waals surface area (Å²) in [6.07, 6.45) is 2.00. The first kappa shape index (κ1) is 18.5. The van der Waals surface area contributed by atoms with Crippen LogP contribution in [0.5, 0.6) is 11.5 Å². The van der Waals surface area contributed by atoms with Gasteiger partial charge in [0.05, 0.1) is 13.2 Å². The Morgan fingerprint density at radius 3 is 1.50 bits per heavy atom. The van der Waals surface area contributed by atoms with E-state index in [9.17, 15) is 4.79 Å². The Kier molecular flexibility index (Phi) is 5.65. The number of benzene rings is 2. The normalized spacial score (nSPS) is 12.5. The van der Waals surface area contributed by atoms with Gasteiger partial charge in [-0.15, -0.1) is 0 Å². The smallest absolute Gasteiger partial charge is 0.194 e. The Morgan fingerprint density at radius 2 is 1.12 bits per heavy atom. The predicted octanol–water partition coefficient (Wildman–Crippen LogP) is 5.75. The first-order chi connectivity index (χ1) is 12.5. The summed E-state index contributed by atoms with van der Waals surface area (Å²) in [5.74, 6) is 2.78. The summed E-state index contributed by atoms with van der Waals surface area (Å²) < 4.78 is 11.6. The zero-order valence-corrected chi connectivity index (χ0v) is 16.2. The van der Waals surface area contributed by atoms with E-state index in [4.69, 9.17) is 9.47 Å². The van der Waals surface area contributed by atoms with E-state index < -0.39 is 0 Å². The van der Waals surface area contributed by atoms with Crippen LogP contribution in [0.2, 0.25) is 0 Å². The van der Waals surface area contributed by atoms with Crippen LogP contribution in [0.3, 0.4) is 0 Å². The van der Waals surface area contributed by atoms with Gasteiger partial charge in [0.1, 0.15) is 11.5 Å². The highest BCUT2D eigenvalue weighted by Crippen LogP contribution is 2.39. The van der Waals surface area contributed by atoms with Crippen LogP contribution in [-0.2, 0) is 0 Å². The van der Waals surface area contributed by atoms with E-state index in [-0.39, 0.29) is 5.78 Å². The number of fused-ring (bicyclic) bond motifs is 3. The number of carbonyl (C=O) groups is 1. The van der Waals surface area contributed by atoms with Gasteiger partial charge in [0.2, 0.25) is 0 Å². The van der Waals surface area contributed by atoms with E-state index in [1.165, 1.54) is 0 Å². The summed E-state index contributed by atoms with van der Waals surface area (Å²) >= 11 is 0. The third-order valence-corrected chi connectivity index (χ3v) is 4.69. The summed E-state index contributed by atoms with van der Waals surface area (Å²) in [6.45, 7) is 10.0. The van der Waals surface area contributed by atoms with Crippen LogP contribution in [0.4, 0.5) is 0 Å². The molecule has 0 radical (unpaired) electrons. The Labute approximate surface area is 156 Å². The van der Waals surface area contributed by atoms with Gasteiger partial charge in [0.15, 0.2) is 5.78 Å². The molecule has 0 fully saturated rings. The lowest BCUT2D eigenvalue weighted by atomic mass is 10.1. The number of rotatable bonds is 8. The second-order valence-corrected chi connectivity index (χ2v) is 7.81. The molecule has 2 aromatic carbocycles. The summed E-state index contributed by atoms with van der Waals surface area (Å²) in [5.41, 5.74) is 3.41. The number of ether oxygens (including phenoxy) is 2. The molecule has 138 valence electrons. The first-order valence-electron chi connectivity index (χ1n) is 9.54. The molecule has 2 aromatic rings. The van der Waals surface area contributed by atoms with Crippen molar-refractivity contribution >= 4 is 5.78 Å². The molecule has 0 saturated carbocycles. The van der Waals surface area contributed by atoms with Crippen LogP contribution in [0.1, 0.15) is 56.5 Å². The minimum atomic E-state index is 0.0543. The van der Waals surface area contributed by atoms with Gasteiger partial charge < -0.3 is 9.47 Å². The highest BCUT2D eigenvalue weighted by molar-refractivity contribution is 6.22. The highest BCUT2D eigenvalue weighted by atomic mass is 16.5. The van der Waals surface area contributed by atoms with Crippen molar-refractivity contribution in [1.29, 1.82) is 0 Å². The molecule has 0 unspecified atom stereocenters. The fourth-order valence-corrected chi connectivity index (χ4v) is 3.04. The Morgan fingerprint density at radius 1 is 0.692 bits per heavy atom. The summed E-state index contributed by atoms with van der Waals surface area (Å²) in [6, 6.07) is 11.6. The molecule has 1 aliphatic rings. The molecule has 0 N–H and O–H groups in total. The van der Waals surface area contributed by atoms with Crippen LogP contribution >= 0.6 is 0 Å². The second kappa shape index (κ2) is 7.94. The van der Waals surface area contributed by atoms with E-state index in [2.05, 4.69) is 27.7 Å². The maximum Gasteiger partial charge on any atom is 0.194 e. The van der Waals surface area contributed by atoms with Crippen LogP contribution in [0, 0.1) is 11.8 Å². The lowest BCUT2D eigenvalue weighted by molar-refractivity contribution is 0.104. The molecular weight excluding hydrogens is 324 g/mol. The molecule has 0 aromatic heterocycles. The van der Waals surface area contributed by atoms with Crippen LogP contribution in [0.25, 0.3) is 11.1 Å². The molecule has 3 heteroatoms. The minimum absolute atomic E-state index is 0.0543. The fourth-order valence-electron chi connectivity index (χ4n) is 3.04. The summed E-state index contributed by atoms with van der Waals surface area (Å²) in [5, 5.41) is 0. The van der Waals surface area contributed by atoms with E-state index >= 15 is 0 Å². The summed E-state index contributed by atoms with van der Waals surface area (Å²) in [7, 11) is 0. The van der Waals surface area contributed by atoms with Crippen LogP contribution in [0.15, 0.2) is 36.4 Å². The third-order valence-electron chi connectivity index (χ3n) is 4.69. The average Bonchev–Trinajstić information content (AvgIpc) is 2.86. The zero-order valence-electron chi connectivity index (χ0n) is 16.2. The number of hydrogen-bond acceptors (Lipinski definition) is 3. The SMILES string of the molecule is CC(C)CCOc1ccc2c(c1)C(=O)c1cc(OCCC(C)C)ccc1-2. The predicted molar refractivity (Wildman–Crippen MR) is 105 cm³/mol. The number of ketones is 1. The van der Waals surface area contributed by atoms with Gasteiger partial charge in [-0.1, -0.05) is 27.7 Å². The largest absolute Gasteiger partial charge is 0.494 e. The molecular formula is C23H28O3. The Bertz CT molecular complexity index is 725. The van der Waals surface area contributed by atoms with Crippen molar-refractivity contribution in [2.45, 2.75) is 40.5 Å². The molecule has 3 rings (SSSR count). The quantitative estimate of drug-likeness (QED) is 0.518. The van der Waals surface area contributed by atoms with Gasteiger partial charge in [-0.3, -0.25) is 4.79 Å². The molecule has 3 nitrogen and oxygen atoms in total. The summed E-state index contributed by atoms with van der Waals surface area (Å²) in [4.78, 5) is 12.8. The minimum Gasteiger partial charge on any atom is -0.494 e. The van der Waals surface area contributed by atoms with Crippen molar-refractivity contribution in [2.75, 3.05) is 13.2 Å². The van der Waals surface area contributed by atoms with Gasteiger partial charge in [0, 0.05) is 11.1 Å². The van der Waals surface area contributed by atoms with Crippen LogP contribution < -0.4 is 9.47 Å². The lowest BCUT2D eigenvalue weighted by Crippen LogP contribution is -2.03. The third kappa shape index (κ3) is 4.09. The second-order valence-electron chi connectivity index (χ2n) is 7.81. The van der Waals surface area contributed by atoms with E-state index in [0.717, 1.165) is 46.6 Å². The van der Waals surface area contributed by atoms with Crippen molar-refractivity contribution in [1.82, 2.24) is 0 Å². The molecule has 0 atom stereocenters. The maximum atomic E-state index is 12.8. The highest BCUT2D eigenvalue weighted by Gasteiger charge is 2.27. The standard InChI is InChI=1S/C23H28O3/c1-15(2)9-11-25-17-5-7-19-20-8-6-18(26-12-10-16(3)4)14-22(20)23(24)21(19)13-17/h5-8,13-16H,9-12H2,1-4H3. The van der Waals surface area contributed by atoms with Crippen molar-refractivity contribution < 1.29 is 14.3 Å². The van der Waals surface area contributed by atoms with E-state index in [1.807, 2.05) is 36.4 Å². The fraction of sp³-hybridized carbons (Fsp3) is 0.435. The van der Waals surface area contributed by atoms with Crippen LogP contribution in [-0.4, -0.2) is 19.0 Å². The van der Waals surface area contributed by atoms with E-state index in [1.54, 1.807) is 0 Å². The maximum absolute atomic E-state index is 12.8. The monoisotopic (exact) mass is 352 g/mol. The Balaban J connectivity index is 1.75. The van der Waals surface area contributed by atoms with Crippen molar-refractivity contribution in [3.63, 3.8) is 0 Å². The molecule has 0 bridgehead atoms. The van der Waals surface area contributed by atoms with Crippen molar-refractivity contribution in [3.05, 3.63) is 47.5 Å². The van der Waals surface area contributed by atoms with Crippen molar-refractivity contribution in [2.24, 2.45) is 11.8 Å². The number of carbonyl (C=O) groups excluding carboxylic acids is 1.